The second-order valence-corrected chi connectivity index (χ2v) is 14.2. The maximum absolute atomic E-state index is 12.3. The number of ether oxygens (including phenoxy) is 3. The zero-order chi connectivity index (χ0) is 32.4. The third kappa shape index (κ3) is 25.8. The molecule has 10 heteroatoms. The fraction of sp³-hybridized carbons (Fsp3) is 0.794. The van der Waals surface area contributed by atoms with Crippen molar-refractivity contribution >= 4 is 14.0 Å². The number of phosphoric acid groups is 1. The molecular formula is C34H63NO8P+. The van der Waals surface area contributed by atoms with E-state index in [1.54, 1.807) is 0 Å². The summed E-state index contributed by atoms with van der Waals surface area (Å²) in [5.41, 5.74) is 0.822. The second-order valence-electron chi connectivity index (χ2n) is 12.8. The van der Waals surface area contributed by atoms with Crippen LogP contribution in [-0.2, 0) is 34.4 Å². The molecule has 0 aliphatic heterocycles. The van der Waals surface area contributed by atoms with Crippen LogP contribution >= 0.6 is 7.82 Å². The van der Waals surface area contributed by atoms with Gasteiger partial charge >= 0.3 is 14.0 Å². The highest BCUT2D eigenvalue weighted by Gasteiger charge is 2.26. The lowest BCUT2D eigenvalue weighted by atomic mass is 10.0. The summed E-state index contributed by atoms with van der Waals surface area (Å²) >= 11 is 0. The number of benzene rings is 1. The number of quaternary nitrogens is 1. The number of rotatable bonds is 29. The van der Waals surface area contributed by atoms with Crippen molar-refractivity contribution in [3.63, 3.8) is 0 Å². The first kappa shape index (κ1) is 40.5. The third-order valence-corrected chi connectivity index (χ3v) is 8.33. The van der Waals surface area contributed by atoms with Gasteiger partial charge in [-0.2, -0.15) is 0 Å². The van der Waals surface area contributed by atoms with Crippen LogP contribution in [0.5, 0.6) is 0 Å². The number of unbranched alkanes of at least 4 members (excludes halogenated alkanes) is 15. The van der Waals surface area contributed by atoms with E-state index in [0.717, 1.165) is 18.4 Å². The first-order valence-corrected chi connectivity index (χ1v) is 18.5. The van der Waals surface area contributed by atoms with Gasteiger partial charge in [0, 0.05) is 6.61 Å². The highest BCUT2D eigenvalue weighted by molar-refractivity contribution is 7.47. The molecule has 1 aromatic rings. The number of hydrogen-bond donors (Lipinski definition) is 1. The molecule has 44 heavy (non-hydrogen) atoms. The molecule has 0 aliphatic rings. The van der Waals surface area contributed by atoms with E-state index >= 15 is 0 Å². The molecule has 2 unspecified atom stereocenters. The number of carbonyl (C=O) groups is 1. The van der Waals surface area contributed by atoms with Crippen LogP contribution in [0, 0.1) is 0 Å². The predicted molar refractivity (Wildman–Crippen MR) is 176 cm³/mol. The van der Waals surface area contributed by atoms with Gasteiger partial charge in [0.1, 0.15) is 19.8 Å². The zero-order valence-electron chi connectivity index (χ0n) is 28.2. The molecule has 0 fully saturated rings. The Kier molecular flexibility index (Phi) is 23.7. The van der Waals surface area contributed by atoms with Crippen LogP contribution in [0.4, 0.5) is 4.79 Å². The molecule has 0 radical (unpaired) electrons. The maximum Gasteiger partial charge on any atom is 0.509 e. The standard InChI is InChI=1S/C34H62NO8P/c1-5-6-7-8-9-10-11-12-13-14-15-16-17-18-19-23-27-39-30-33(31-42-44(37,38)41-28-26-35(2,3)4)43-34(36)40-29-32-24-21-20-22-25-32/h20-22,24-25,33H,5-19,23,26-31H2,1-4H3/p+1. The summed E-state index contributed by atoms with van der Waals surface area (Å²) in [4.78, 5) is 22.4. The van der Waals surface area contributed by atoms with E-state index in [0.29, 0.717) is 17.6 Å². The van der Waals surface area contributed by atoms with Crippen LogP contribution in [0.1, 0.15) is 115 Å². The van der Waals surface area contributed by atoms with E-state index in [2.05, 4.69) is 6.92 Å². The van der Waals surface area contributed by atoms with Crippen LogP contribution < -0.4 is 0 Å². The Bertz CT molecular complexity index is 865. The molecule has 1 rings (SSSR count). The van der Waals surface area contributed by atoms with Crippen LogP contribution in [0.2, 0.25) is 0 Å². The lowest BCUT2D eigenvalue weighted by Gasteiger charge is -2.24. The lowest BCUT2D eigenvalue weighted by molar-refractivity contribution is -0.870. The Labute approximate surface area is 268 Å². The number of carbonyl (C=O) groups excluding carboxylic acids is 1. The monoisotopic (exact) mass is 644 g/mol. The summed E-state index contributed by atoms with van der Waals surface area (Å²) in [6, 6.07) is 9.26. The molecule has 256 valence electrons. The van der Waals surface area contributed by atoms with Gasteiger partial charge in [-0.15, -0.1) is 0 Å². The minimum atomic E-state index is -4.32. The molecular weight excluding hydrogens is 581 g/mol. The topological polar surface area (TPSA) is 101 Å². The number of phosphoric ester groups is 1. The summed E-state index contributed by atoms with van der Waals surface area (Å²) < 4.78 is 39.4. The van der Waals surface area contributed by atoms with E-state index < -0.39 is 20.1 Å². The average molecular weight is 645 g/mol. The Morgan fingerprint density at radius 2 is 1.27 bits per heavy atom. The summed E-state index contributed by atoms with van der Waals surface area (Å²) in [5, 5.41) is 0. The molecule has 1 aromatic carbocycles. The first-order valence-electron chi connectivity index (χ1n) is 17.0. The van der Waals surface area contributed by atoms with E-state index in [9.17, 15) is 14.3 Å². The van der Waals surface area contributed by atoms with Crippen molar-refractivity contribution in [1.82, 2.24) is 0 Å². The van der Waals surface area contributed by atoms with Crippen molar-refractivity contribution in [3.8, 4) is 0 Å². The normalized spacial score (nSPS) is 13.8. The molecule has 0 saturated carbocycles. The average Bonchev–Trinajstić information content (AvgIpc) is 2.98. The van der Waals surface area contributed by atoms with E-state index in [1.165, 1.54) is 89.9 Å². The van der Waals surface area contributed by atoms with Crippen LogP contribution in [0.15, 0.2) is 30.3 Å². The molecule has 0 saturated heterocycles. The molecule has 9 nitrogen and oxygen atoms in total. The lowest BCUT2D eigenvalue weighted by Crippen LogP contribution is -2.37. The van der Waals surface area contributed by atoms with Gasteiger partial charge in [-0.3, -0.25) is 9.05 Å². The van der Waals surface area contributed by atoms with Gasteiger partial charge in [-0.1, -0.05) is 134 Å². The third-order valence-electron chi connectivity index (χ3n) is 7.35. The molecule has 0 amide bonds. The summed E-state index contributed by atoms with van der Waals surface area (Å²) in [7, 11) is 1.54. The number of nitrogens with zero attached hydrogens (tertiary/aromatic N) is 1. The summed E-state index contributed by atoms with van der Waals surface area (Å²) in [6.45, 7) is 3.09. The van der Waals surface area contributed by atoms with Gasteiger partial charge in [0.2, 0.25) is 0 Å². The molecule has 2 atom stereocenters. The second kappa shape index (κ2) is 25.7. The zero-order valence-corrected chi connectivity index (χ0v) is 29.1. The van der Waals surface area contributed by atoms with E-state index in [1.807, 2.05) is 51.5 Å². The Balaban J connectivity index is 2.23. The maximum atomic E-state index is 12.3. The minimum Gasteiger partial charge on any atom is -0.429 e. The van der Waals surface area contributed by atoms with Gasteiger partial charge in [-0.25, -0.2) is 9.36 Å². The summed E-state index contributed by atoms with van der Waals surface area (Å²) in [6.07, 6.45) is 19.0. The van der Waals surface area contributed by atoms with Crippen LogP contribution in [0.25, 0.3) is 0 Å². The quantitative estimate of drug-likeness (QED) is 0.0400. The van der Waals surface area contributed by atoms with E-state index in [-0.39, 0.29) is 26.4 Å². The van der Waals surface area contributed by atoms with Crippen molar-refractivity contribution in [3.05, 3.63) is 35.9 Å². The Morgan fingerprint density at radius 3 is 1.80 bits per heavy atom. The Morgan fingerprint density at radius 1 is 0.750 bits per heavy atom. The minimum absolute atomic E-state index is 0.0259. The highest BCUT2D eigenvalue weighted by Crippen LogP contribution is 2.43. The predicted octanol–water partition coefficient (Wildman–Crippen LogP) is 8.83. The van der Waals surface area contributed by atoms with Crippen molar-refractivity contribution in [2.24, 2.45) is 0 Å². The molecule has 0 spiro atoms. The number of hydrogen-bond acceptors (Lipinski definition) is 7. The summed E-state index contributed by atoms with van der Waals surface area (Å²) in [5.74, 6) is 0. The van der Waals surface area contributed by atoms with E-state index in [4.69, 9.17) is 23.3 Å². The van der Waals surface area contributed by atoms with Crippen LogP contribution in [0.3, 0.4) is 0 Å². The van der Waals surface area contributed by atoms with Crippen LogP contribution in [-0.4, -0.2) is 75.8 Å². The first-order chi connectivity index (χ1) is 21.1. The van der Waals surface area contributed by atoms with Crippen molar-refractivity contribution in [2.75, 3.05) is 54.1 Å². The van der Waals surface area contributed by atoms with Gasteiger partial charge < -0.3 is 23.6 Å². The Hall–Kier alpha value is -1.48. The molecule has 0 heterocycles. The van der Waals surface area contributed by atoms with Crippen molar-refractivity contribution in [1.29, 1.82) is 0 Å². The van der Waals surface area contributed by atoms with Crippen molar-refractivity contribution < 1.29 is 42.0 Å². The fourth-order valence-corrected chi connectivity index (χ4v) is 5.36. The highest BCUT2D eigenvalue weighted by atomic mass is 31.2. The molecule has 0 bridgehead atoms. The van der Waals surface area contributed by atoms with Crippen molar-refractivity contribution in [2.45, 2.75) is 122 Å². The fourth-order valence-electron chi connectivity index (χ4n) is 4.61. The molecule has 0 aliphatic carbocycles. The molecule has 0 aromatic heterocycles. The van der Waals surface area contributed by atoms with Gasteiger partial charge in [0.05, 0.1) is 34.4 Å². The van der Waals surface area contributed by atoms with Gasteiger partial charge in [-0.05, 0) is 12.0 Å². The van der Waals surface area contributed by atoms with Gasteiger partial charge in [0.15, 0.2) is 6.10 Å². The number of likely N-dealkylation sites (N-methyl/N-ethyl adjacent to an activating group) is 1. The van der Waals surface area contributed by atoms with Gasteiger partial charge in [0.25, 0.3) is 0 Å². The molecule has 1 N–H and O–H groups in total. The largest absolute Gasteiger partial charge is 0.509 e. The smallest absolute Gasteiger partial charge is 0.429 e. The SMILES string of the molecule is CCCCCCCCCCCCCCCCCCOCC(COP(=O)(O)OCC[N+](C)(C)C)OC(=O)OCc1ccccc1.